The molecule has 5 aromatic rings. The van der Waals surface area contributed by atoms with Crippen LogP contribution < -0.4 is 0 Å². The van der Waals surface area contributed by atoms with Crippen molar-refractivity contribution in [1.29, 1.82) is 0 Å². The molecule has 0 radical (unpaired) electrons. The van der Waals surface area contributed by atoms with Crippen LogP contribution in [0.3, 0.4) is 0 Å². The van der Waals surface area contributed by atoms with Crippen LogP contribution in [0.1, 0.15) is 20.8 Å². The third-order valence-corrected chi connectivity index (χ3v) is 4.98. The van der Waals surface area contributed by atoms with E-state index in [1.54, 1.807) is 0 Å². The smallest absolute Gasteiger partial charge is 0.0742 e. The first kappa shape index (κ1) is 13.7. The zero-order chi connectivity index (χ0) is 16.5. The minimum atomic E-state index is 0.00688. The molecule has 24 heavy (non-hydrogen) atoms. The van der Waals surface area contributed by atoms with Crippen LogP contribution in [0, 0.1) is 0 Å². The van der Waals surface area contributed by atoms with Crippen molar-refractivity contribution < 1.29 is 0 Å². The predicted molar refractivity (Wildman–Crippen MR) is 104 cm³/mol. The number of fused-ring (bicyclic) bond motifs is 7. The van der Waals surface area contributed by atoms with Gasteiger partial charge in [0.05, 0.1) is 11.0 Å². The summed E-state index contributed by atoms with van der Waals surface area (Å²) in [6, 6.07) is 21.8. The lowest BCUT2D eigenvalue weighted by Crippen LogP contribution is -2.21. The number of hydrogen-bond acceptors (Lipinski definition) is 0. The second-order valence-corrected chi connectivity index (χ2v) is 7.58. The summed E-state index contributed by atoms with van der Waals surface area (Å²) in [7, 11) is 0. The van der Waals surface area contributed by atoms with Gasteiger partial charge in [0.15, 0.2) is 0 Å². The first-order chi connectivity index (χ1) is 11.6. The highest BCUT2D eigenvalue weighted by molar-refractivity contribution is 6.22. The Morgan fingerprint density at radius 3 is 2.17 bits per heavy atom. The highest BCUT2D eigenvalue weighted by Gasteiger charge is 2.22. The summed E-state index contributed by atoms with van der Waals surface area (Å²) in [6.45, 7) is 6.83. The summed E-state index contributed by atoms with van der Waals surface area (Å²) in [5, 5.41) is 5.23. The van der Waals surface area contributed by atoms with Crippen molar-refractivity contribution in [3.05, 3.63) is 60.7 Å². The molecule has 3 aromatic carbocycles. The zero-order valence-corrected chi connectivity index (χ0v) is 14.2. The van der Waals surface area contributed by atoms with Crippen molar-refractivity contribution in [2.75, 3.05) is 0 Å². The molecule has 0 bridgehead atoms. The van der Waals surface area contributed by atoms with Gasteiger partial charge >= 0.3 is 0 Å². The monoisotopic (exact) mass is 312 g/mol. The van der Waals surface area contributed by atoms with Gasteiger partial charge in [0.25, 0.3) is 0 Å². The maximum absolute atomic E-state index is 3.67. The van der Waals surface area contributed by atoms with Crippen LogP contribution in [0.4, 0.5) is 0 Å². The van der Waals surface area contributed by atoms with E-state index in [0.29, 0.717) is 0 Å². The molecule has 2 heteroatoms. The van der Waals surface area contributed by atoms with Gasteiger partial charge in [-0.15, -0.1) is 0 Å². The predicted octanol–water partition coefficient (Wildman–Crippen LogP) is 6.18. The Kier molecular flexibility index (Phi) is 2.52. The third-order valence-electron chi connectivity index (χ3n) is 4.98. The summed E-state index contributed by atoms with van der Waals surface area (Å²) in [6.07, 6.45) is 0. The van der Waals surface area contributed by atoms with Gasteiger partial charge in [-0.2, -0.15) is 0 Å². The largest absolute Gasteiger partial charge is 0.353 e. The minimum absolute atomic E-state index is 0.00688. The van der Waals surface area contributed by atoms with Crippen LogP contribution in [0.25, 0.3) is 43.6 Å². The van der Waals surface area contributed by atoms with Crippen molar-refractivity contribution in [3.8, 4) is 0 Å². The SMILES string of the molecule is CC(C)(C)n1c2ccccc2c2ccc3c4ccccc4[nH]c3c21. The number of H-pyrrole nitrogens is 1. The number of hydrogen-bond donors (Lipinski definition) is 1. The van der Waals surface area contributed by atoms with Crippen LogP contribution >= 0.6 is 0 Å². The lowest BCUT2D eigenvalue weighted by Gasteiger charge is -2.24. The summed E-state index contributed by atoms with van der Waals surface area (Å²) in [5.41, 5.74) is 5.04. The Morgan fingerprint density at radius 1 is 0.708 bits per heavy atom. The number of nitrogens with zero attached hydrogens (tertiary/aromatic N) is 1. The van der Waals surface area contributed by atoms with Gasteiger partial charge < -0.3 is 9.55 Å². The molecule has 2 nitrogen and oxygen atoms in total. The molecule has 1 N–H and O–H groups in total. The number of benzene rings is 3. The number of rotatable bonds is 0. The standard InChI is InChI=1S/C22H20N2/c1-22(2,3)24-19-11-7-5-9-15(19)17-13-12-16-14-8-4-6-10-18(14)23-20(16)21(17)24/h4-13,23H,1-3H3. The van der Waals surface area contributed by atoms with E-state index >= 15 is 0 Å². The molecular weight excluding hydrogens is 292 g/mol. The molecule has 0 saturated carbocycles. The molecule has 0 atom stereocenters. The first-order valence-corrected chi connectivity index (χ1v) is 8.49. The van der Waals surface area contributed by atoms with Crippen LogP contribution in [-0.4, -0.2) is 9.55 Å². The van der Waals surface area contributed by atoms with Crippen LogP contribution in [0.15, 0.2) is 60.7 Å². The second kappa shape index (κ2) is 4.41. The molecule has 0 saturated heterocycles. The van der Waals surface area contributed by atoms with E-state index in [1.165, 1.54) is 43.6 Å². The van der Waals surface area contributed by atoms with Gasteiger partial charge in [0.2, 0.25) is 0 Å². The quantitative estimate of drug-likeness (QED) is 0.352. The summed E-state index contributed by atoms with van der Waals surface area (Å²) < 4.78 is 2.48. The first-order valence-electron chi connectivity index (χ1n) is 8.49. The van der Waals surface area contributed by atoms with E-state index in [-0.39, 0.29) is 5.54 Å². The fourth-order valence-corrected chi connectivity index (χ4v) is 4.07. The maximum Gasteiger partial charge on any atom is 0.0742 e. The van der Waals surface area contributed by atoms with Gasteiger partial charge in [-0.1, -0.05) is 48.5 Å². The average Bonchev–Trinajstić information content (AvgIpc) is 3.10. The molecule has 0 aliphatic rings. The van der Waals surface area contributed by atoms with Crippen molar-refractivity contribution >= 4 is 43.6 Å². The van der Waals surface area contributed by atoms with Crippen molar-refractivity contribution in [2.45, 2.75) is 26.3 Å². The molecule has 118 valence electrons. The molecule has 5 rings (SSSR count). The number of para-hydroxylation sites is 2. The number of aromatic amines is 1. The zero-order valence-electron chi connectivity index (χ0n) is 14.2. The highest BCUT2D eigenvalue weighted by atomic mass is 15.1. The van der Waals surface area contributed by atoms with Crippen LogP contribution in [0.2, 0.25) is 0 Å². The molecule has 2 aromatic heterocycles. The Hall–Kier alpha value is -2.74. The lowest BCUT2D eigenvalue weighted by molar-refractivity contribution is 0.424. The van der Waals surface area contributed by atoms with Gasteiger partial charge in [0, 0.05) is 38.1 Å². The van der Waals surface area contributed by atoms with Gasteiger partial charge in [-0.25, -0.2) is 0 Å². The van der Waals surface area contributed by atoms with Crippen molar-refractivity contribution in [3.63, 3.8) is 0 Å². The summed E-state index contributed by atoms with van der Waals surface area (Å²) in [4.78, 5) is 3.67. The molecule has 2 heterocycles. The summed E-state index contributed by atoms with van der Waals surface area (Å²) in [5.74, 6) is 0. The molecule has 0 aliphatic carbocycles. The number of aromatic nitrogens is 2. The highest BCUT2D eigenvalue weighted by Crippen LogP contribution is 2.39. The Labute approximate surface area is 140 Å². The van der Waals surface area contributed by atoms with E-state index in [1.807, 2.05) is 0 Å². The molecular formula is C22H20N2. The Morgan fingerprint density at radius 2 is 1.38 bits per heavy atom. The van der Waals surface area contributed by atoms with Crippen LogP contribution in [0.5, 0.6) is 0 Å². The van der Waals surface area contributed by atoms with Crippen molar-refractivity contribution in [2.24, 2.45) is 0 Å². The van der Waals surface area contributed by atoms with E-state index in [4.69, 9.17) is 0 Å². The average molecular weight is 312 g/mol. The maximum atomic E-state index is 3.67. The van der Waals surface area contributed by atoms with E-state index in [0.717, 1.165) is 0 Å². The van der Waals surface area contributed by atoms with E-state index in [2.05, 4.69) is 91.0 Å². The van der Waals surface area contributed by atoms with E-state index in [9.17, 15) is 0 Å². The minimum Gasteiger partial charge on any atom is -0.353 e. The Balaban J connectivity index is 2.13. The van der Waals surface area contributed by atoms with E-state index < -0.39 is 0 Å². The normalized spacial score (nSPS) is 12.8. The molecule has 0 fully saturated rings. The fourth-order valence-electron chi connectivity index (χ4n) is 4.07. The molecule has 0 unspecified atom stereocenters. The Bertz CT molecular complexity index is 1230. The van der Waals surface area contributed by atoms with Gasteiger partial charge in [-0.05, 0) is 32.9 Å². The summed E-state index contributed by atoms with van der Waals surface area (Å²) >= 11 is 0. The topological polar surface area (TPSA) is 20.7 Å². The molecule has 0 aliphatic heterocycles. The molecule has 0 spiro atoms. The fraction of sp³-hybridized carbons (Fsp3) is 0.182. The van der Waals surface area contributed by atoms with Gasteiger partial charge in [-0.3, -0.25) is 0 Å². The lowest BCUT2D eigenvalue weighted by atomic mass is 10.1. The van der Waals surface area contributed by atoms with Crippen molar-refractivity contribution in [1.82, 2.24) is 9.55 Å². The third kappa shape index (κ3) is 1.66. The number of nitrogens with one attached hydrogen (secondary N) is 1. The van der Waals surface area contributed by atoms with Crippen LogP contribution in [-0.2, 0) is 5.54 Å². The molecule has 0 amide bonds. The van der Waals surface area contributed by atoms with Gasteiger partial charge in [0.1, 0.15) is 0 Å². The second-order valence-electron chi connectivity index (χ2n) is 7.58.